The third kappa shape index (κ3) is 2.81. The Morgan fingerprint density at radius 3 is 2.88 bits per heavy atom. The summed E-state index contributed by atoms with van der Waals surface area (Å²) < 4.78 is 13.6. The Morgan fingerprint density at radius 1 is 1.38 bits per heavy atom. The van der Waals surface area contributed by atoms with Gasteiger partial charge in [-0.2, -0.15) is 5.10 Å². The molecule has 1 saturated heterocycles. The summed E-state index contributed by atoms with van der Waals surface area (Å²) in [6, 6.07) is 3.95. The van der Waals surface area contributed by atoms with Crippen LogP contribution in [0.2, 0.25) is 0 Å². The van der Waals surface area contributed by atoms with Crippen LogP contribution in [0.3, 0.4) is 0 Å². The molecule has 0 amide bonds. The third-order valence-electron chi connectivity index (χ3n) is 4.88. The second-order valence-corrected chi connectivity index (χ2v) is 7.18. The van der Waals surface area contributed by atoms with Gasteiger partial charge >= 0.3 is 0 Å². The van der Waals surface area contributed by atoms with Gasteiger partial charge in [-0.1, -0.05) is 13.8 Å². The first-order valence-corrected chi connectivity index (χ1v) is 8.94. The lowest BCUT2D eigenvalue weighted by atomic mass is 10.0. The number of hydrogen-bond acceptors (Lipinski definition) is 4. The average molecular weight is 328 g/mol. The molecular weight excluding hydrogens is 304 g/mol. The van der Waals surface area contributed by atoms with Gasteiger partial charge in [-0.3, -0.25) is 4.79 Å². The van der Waals surface area contributed by atoms with Crippen LogP contribution in [0, 0.1) is 5.92 Å². The van der Waals surface area contributed by atoms with E-state index in [4.69, 9.17) is 9.47 Å². The van der Waals surface area contributed by atoms with Crippen molar-refractivity contribution in [2.45, 2.75) is 51.6 Å². The summed E-state index contributed by atoms with van der Waals surface area (Å²) in [6.07, 6.45) is 6.39. The highest BCUT2D eigenvalue weighted by Crippen LogP contribution is 2.44. The molecule has 1 saturated carbocycles. The van der Waals surface area contributed by atoms with E-state index in [9.17, 15) is 4.79 Å². The summed E-state index contributed by atoms with van der Waals surface area (Å²) in [5.41, 5.74) is 2.70. The lowest BCUT2D eigenvalue weighted by Crippen LogP contribution is -2.17. The van der Waals surface area contributed by atoms with E-state index in [1.54, 1.807) is 6.20 Å². The molecule has 5 heteroatoms. The minimum Gasteiger partial charge on any atom is -0.489 e. The Bertz CT molecular complexity index is 755. The Hall–Kier alpha value is -1.88. The molecule has 128 valence electrons. The summed E-state index contributed by atoms with van der Waals surface area (Å²) >= 11 is 0. The number of Topliss-reactive ketones (excluding diaryl/α,β-unsaturated/α-hetero) is 1. The molecule has 1 atom stereocenters. The molecule has 2 aromatic heterocycles. The van der Waals surface area contributed by atoms with Crippen molar-refractivity contribution in [1.82, 2.24) is 9.61 Å². The van der Waals surface area contributed by atoms with E-state index in [1.807, 2.05) is 30.5 Å². The second-order valence-electron chi connectivity index (χ2n) is 7.18. The minimum absolute atomic E-state index is 0.0298. The van der Waals surface area contributed by atoms with Crippen LogP contribution in [-0.2, 0) is 4.74 Å². The fourth-order valence-corrected chi connectivity index (χ4v) is 3.37. The summed E-state index contributed by atoms with van der Waals surface area (Å²) in [5, 5.41) is 4.51. The average Bonchev–Trinajstić information content (AvgIpc) is 3.10. The van der Waals surface area contributed by atoms with Crippen LogP contribution in [0.1, 0.15) is 61.5 Å². The molecule has 0 spiro atoms. The molecule has 24 heavy (non-hydrogen) atoms. The van der Waals surface area contributed by atoms with Crippen molar-refractivity contribution in [3.63, 3.8) is 0 Å². The zero-order chi connectivity index (χ0) is 16.7. The van der Waals surface area contributed by atoms with Gasteiger partial charge in [0.2, 0.25) is 0 Å². The first-order valence-electron chi connectivity index (χ1n) is 8.94. The summed E-state index contributed by atoms with van der Waals surface area (Å²) in [6.45, 7) is 5.27. The molecular formula is C19H24N2O3. The number of ketones is 1. The predicted molar refractivity (Wildman–Crippen MR) is 90.8 cm³/mol. The number of hydrogen-bond donors (Lipinski definition) is 0. The Balaban J connectivity index is 1.67. The molecule has 0 aromatic carbocycles. The van der Waals surface area contributed by atoms with E-state index in [-0.39, 0.29) is 17.8 Å². The van der Waals surface area contributed by atoms with Crippen LogP contribution in [0.15, 0.2) is 18.3 Å². The van der Waals surface area contributed by atoms with Gasteiger partial charge in [0.25, 0.3) is 0 Å². The fourth-order valence-electron chi connectivity index (χ4n) is 3.37. The SMILES string of the molecule is CC(C)C(=O)c1cnn2c(C3CC3)c(OCC3CCCO3)ccc12. The molecule has 5 nitrogen and oxygen atoms in total. The molecule has 0 N–H and O–H groups in total. The molecule has 1 aliphatic carbocycles. The number of aromatic nitrogens is 2. The van der Waals surface area contributed by atoms with Gasteiger partial charge in [0.1, 0.15) is 12.4 Å². The molecule has 2 aliphatic rings. The van der Waals surface area contributed by atoms with Gasteiger partial charge in [-0.15, -0.1) is 0 Å². The van der Waals surface area contributed by atoms with Gasteiger partial charge in [-0.05, 0) is 37.8 Å². The molecule has 2 fully saturated rings. The fraction of sp³-hybridized carbons (Fsp3) is 0.579. The largest absolute Gasteiger partial charge is 0.489 e. The van der Waals surface area contributed by atoms with Gasteiger partial charge in [0.15, 0.2) is 5.78 Å². The molecule has 0 bridgehead atoms. The maximum Gasteiger partial charge on any atom is 0.169 e. The number of pyridine rings is 1. The normalized spacial score (nSPS) is 20.9. The van der Waals surface area contributed by atoms with Crippen LogP contribution >= 0.6 is 0 Å². The van der Waals surface area contributed by atoms with Crippen molar-refractivity contribution in [3.05, 3.63) is 29.6 Å². The number of carbonyl (C=O) groups is 1. The summed E-state index contributed by atoms with van der Waals surface area (Å²) in [7, 11) is 0. The first kappa shape index (κ1) is 15.6. The zero-order valence-corrected chi connectivity index (χ0v) is 14.3. The summed E-state index contributed by atoms with van der Waals surface area (Å²) in [4.78, 5) is 12.4. The highest BCUT2D eigenvalue weighted by molar-refractivity contribution is 6.03. The molecule has 2 aromatic rings. The highest BCUT2D eigenvalue weighted by atomic mass is 16.5. The standard InChI is InChI=1S/C19H24N2O3/c1-12(2)19(22)15-10-20-21-16(15)7-8-17(18(21)13-5-6-13)24-11-14-4-3-9-23-14/h7-8,10,12-14H,3-6,9,11H2,1-2H3. The van der Waals surface area contributed by atoms with Crippen LogP contribution in [0.4, 0.5) is 0 Å². The molecule has 4 rings (SSSR count). The van der Waals surface area contributed by atoms with Crippen LogP contribution in [-0.4, -0.2) is 34.7 Å². The van der Waals surface area contributed by atoms with Crippen molar-refractivity contribution in [3.8, 4) is 5.75 Å². The number of ether oxygens (including phenoxy) is 2. The van der Waals surface area contributed by atoms with Gasteiger partial charge in [0.05, 0.1) is 29.1 Å². The van der Waals surface area contributed by atoms with Gasteiger partial charge < -0.3 is 9.47 Å². The maximum atomic E-state index is 12.4. The number of carbonyl (C=O) groups excluding carboxylic acids is 1. The lowest BCUT2D eigenvalue weighted by Gasteiger charge is -2.15. The first-order chi connectivity index (χ1) is 11.6. The summed E-state index contributed by atoms with van der Waals surface area (Å²) in [5.74, 6) is 1.47. The quantitative estimate of drug-likeness (QED) is 0.760. The third-order valence-corrected chi connectivity index (χ3v) is 4.88. The van der Waals surface area contributed by atoms with E-state index < -0.39 is 0 Å². The van der Waals surface area contributed by atoms with Crippen molar-refractivity contribution < 1.29 is 14.3 Å². The van der Waals surface area contributed by atoms with E-state index in [0.717, 1.165) is 49.3 Å². The van der Waals surface area contributed by atoms with E-state index in [0.29, 0.717) is 18.1 Å². The Labute approximate surface area is 141 Å². The van der Waals surface area contributed by atoms with Crippen molar-refractivity contribution >= 4 is 11.3 Å². The van der Waals surface area contributed by atoms with E-state index in [2.05, 4.69) is 5.10 Å². The molecule has 1 aliphatic heterocycles. The van der Waals surface area contributed by atoms with E-state index in [1.165, 1.54) is 0 Å². The molecule has 0 radical (unpaired) electrons. The Morgan fingerprint density at radius 2 is 2.21 bits per heavy atom. The number of rotatable bonds is 6. The van der Waals surface area contributed by atoms with Crippen molar-refractivity contribution in [2.24, 2.45) is 5.92 Å². The molecule has 3 heterocycles. The molecule has 1 unspecified atom stereocenters. The van der Waals surface area contributed by atoms with Crippen LogP contribution < -0.4 is 4.74 Å². The predicted octanol–water partition coefficient (Wildman–Crippen LogP) is 3.61. The van der Waals surface area contributed by atoms with Gasteiger partial charge in [0, 0.05) is 18.4 Å². The van der Waals surface area contributed by atoms with Crippen molar-refractivity contribution in [2.75, 3.05) is 13.2 Å². The monoisotopic (exact) mass is 328 g/mol. The number of nitrogens with zero attached hydrogens (tertiary/aromatic N) is 2. The highest BCUT2D eigenvalue weighted by Gasteiger charge is 2.31. The maximum absolute atomic E-state index is 12.4. The van der Waals surface area contributed by atoms with E-state index >= 15 is 0 Å². The Kier molecular flexibility index (Phi) is 4.04. The second kappa shape index (κ2) is 6.20. The minimum atomic E-state index is -0.0298. The van der Waals surface area contributed by atoms with Crippen LogP contribution in [0.25, 0.3) is 5.52 Å². The number of fused-ring (bicyclic) bond motifs is 1. The smallest absolute Gasteiger partial charge is 0.169 e. The van der Waals surface area contributed by atoms with Crippen molar-refractivity contribution in [1.29, 1.82) is 0 Å². The topological polar surface area (TPSA) is 52.8 Å². The zero-order valence-electron chi connectivity index (χ0n) is 14.3. The lowest BCUT2D eigenvalue weighted by molar-refractivity contribution is 0.0674. The van der Waals surface area contributed by atoms with Crippen LogP contribution in [0.5, 0.6) is 5.75 Å². The van der Waals surface area contributed by atoms with Gasteiger partial charge in [-0.25, -0.2) is 4.52 Å².